The number of aromatic nitrogens is 6. The number of halogens is 3. The molecular formula is C29H28Cl3N7. The number of fused-ring (bicyclic) bond motifs is 3. The predicted octanol–water partition coefficient (Wildman–Crippen LogP) is 7.01. The van der Waals surface area contributed by atoms with Crippen LogP contribution < -0.4 is 5.73 Å². The van der Waals surface area contributed by atoms with Crippen LogP contribution in [0.25, 0.3) is 50.5 Å². The minimum absolute atomic E-state index is 0. The van der Waals surface area contributed by atoms with Crippen LogP contribution in [0.15, 0.2) is 85.5 Å². The zero-order valence-corrected chi connectivity index (χ0v) is 23.8. The molecule has 0 fully saturated rings. The van der Waals surface area contributed by atoms with E-state index in [0.717, 1.165) is 56.6 Å². The Hall–Kier alpha value is -3.49. The molecule has 0 radical (unpaired) electrons. The summed E-state index contributed by atoms with van der Waals surface area (Å²) in [7, 11) is 1.93. The number of rotatable bonds is 6. The van der Waals surface area contributed by atoms with Crippen LogP contribution in [0.3, 0.4) is 0 Å². The molecule has 0 aliphatic heterocycles. The average Bonchev–Trinajstić information content (AvgIpc) is 3.54. The number of benzene rings is 2. The van der Waals surface area contributed by atoms with Crippen LogP contribution in [0, 0.1) is 0 Å². The summed E-state index contributed by atoms with van der Waals surface area (Å²) in [6.45, 7) is 2.08. The fourth-order valence-electron chi connectivity index (χ4n) is 4.77. The molecule has 2 aromatic carbocycles. The highest BCUT2D eigenvalue weighted by atomic mass is 35.5. The average molecular weight is 581 g/mol. The molecule has 39 heavy (non-hydrogen) atoms. The van der Waals surface area contributed by atoms with E-state index in [4.69, 9.17) is 22.3 Å². The van der Waals surface area contributed by atoms with Gasteiger partial charge in [-0.05, 0) is 29.7 Å². The molecule has 7 nitrogen and oxygen atoms in total. The van der Waals surface area contributed by atoms with E-state index < -0.39 is 5.00 Å². The maximum atomic E-state index is 6.61. The van der Waals surface area contributed by atoms with E-state index in [-0.39, 0.29) is 24.8 Å². The first-order chi connectivity index (χ1) is 17.9. The Morgan fingerprint density at radius 1 is 0.949 bits per heavy atom. The highest BCUT2D eigenvalue weighted by molar-refractivity contribution is 6.23. The number of imidazole rings is 1. The predicted molar refractivity (Wildman–Crippen MR) is 162 cm³/mol. The summed E-state index contributed by atoms with van der Waals surface area (Å²) < 4.78 is 3.86. The molecule has 0 saturated heterocycles. The smallest absolute Gasteiger partial charge is 0.188 e. The van der Waals surface area contributed by atoms with Gasteiger partial charge in [-0.15, -0.1) is 35.0 Å². The summed E-state index contributed by atoms with van der Waals surface area (Å²) in [6, 6.07) is 22.5. The highest BCUT2D eigenvalue weighted by Crippen LogP contribution is 2.36. The van der Waals surface area contributed by atoms with Gasteiger partial charge < -0.3 is 10.3 Å². The van der Waals surface area contributed by atoms with Crippen molar-refractivity contribution in [3.05, 3.63) is 91.0 Å². The van der Waals surface area contributed by atoms with Crippen LogP contribution in [-0.2, 0) is 12.0 Å². The van der Waals surface area contributed by atoms with Crippen molar-refractivity contribution in [1.29, 1.82) is 0 Å². The molecule has 200 valence electrons. The van der Waals surface area contributed by atoms with Gasteiger partial charge in [0.2, 0.25) is 0 Å². The van der Waals surface area contributed by atoms with E-state index in [9.17, 15) is 0 Å². The standard InChI is InChI=1S/C29H26ClN7.2ClH/c1-3-14-29(30,31)21-11-9-20(10-12-21)26-22(19-7-5-4-6-8-19)16-23-24(33-26)13-15-37-27(23)34-35-28(37)25-17-36(2)18-32-25;;/h4-13,15-18H,3,14,31H2,1-2H3;2*1H. The van der Waals surface area contributed by atoms with Crippen LogP contribution in [0.4, 0.5) is 0 Å². The first kappa shape index (κ1) is 28.5. The third kappa shape index (κ3) is 5.23. The second kappa shape index (κ2) is 11.3. The molecule has 6 aromatic rings. The summed E-state index contributed by atoms with van der Waals surface area (Å²) in [4.78, 5) is 8.69. The van der Waals surface area contributed by atoms with Gasteiger partial charge >= 0.3 is 0 Å². The molecule has 10 heteroatoms. The van der Waals surface area contributed by atoms with Crippen LogP contribution in [0.1, 0.15) is 25.3 Å². The van der Waals surface area contributed by atoms with Gasteiger partial charge in [0, 0.05) is 36.0 Å². The lowest BCUT2D eigenvalue weighted by Gasteiger charge is -2.22. The minimum Gasteiger partial charge on any atom is -0.340 e. The zero-order chi connectivity index (χ0) is 25.6. The third-order valence-electron chi connectivity index (χ3n) is 6.64. The monoisotopic (exact) mass is 579 g/mol. The topological polar surface area (TPSA) is 86.9 Å². The van der Waals surface area contributed by atoms with Gasteiger partial charge in [0.05, 0.1) is 17.5 Å². The number of hydrogen-bond acceptors (Lipinski definition) is 5. The Morgan fingerprint density at radius 3 is 2.36 bits per heavy atom. The number of pyridine rings is 2. The van der Waals surface area contributed by atoms with E-state index >= 15 is 0 Å². The van der Waals surface area contributed by atoms with Gasteiger partial charge in [0.1, 0.15) is 10.7 Å². The van der Waals surface area contributed by atoms with Crippen LogP contribution in [0.5, 0.6) is 0 Å². The molecule has 0 spiro atoms. The van der Waals surface area contributed by atoms with Gasteiger partial charge in [0.25, 0.3) is 0 Å². The minimum atomic E-state index is -0.878. The van der Waals surface area contributed by atoms with Crippen LogP contribution >= 0.6 is 36.4 Å². The Balaban J connectivity index is 0.00000176. The maximum Gasteiger partial charge on any atom is 0.188 e. The number of nitrogens with zero attached hydrogens (tertiary/aromatic N) is 6. The van der Waals surface area contributed by atoms with Crippen molar-refractivity contribution < 1.29 is 0 Å². The number of alkyl halides is 1. The Bertz CT molecular complexity index is 1730. The van der Waals surface area contributed by atoms with Gasteiger partial charge in [0.15, 0.2) is 11.5 Å². The van der Waals surface area contributed by atoms with E-state index in [0.29, 0.717) is 12.2 Å². The molecule has 0 saturated carbocycles. The Kier molecular flexibility index (Phi) is 8.28. The van der Waals surface area contributed by atoms with E-state index in [2.05, 4.69) is 40.3 Å². The van der Waals surface area contributed by atoms with Gasteiger partial charge in [-0.1, -0.05) is 79.5 Å². The summed E-state index contributed by atoms with van der Waals surface area (Å²) in [6.07, 6.45) is 7.24. The number of hydrogen-bond donors (Lipinski definition) is 1. The Morgan fingerprint density at radius 2 is 1.69 bits per heavy atom. The fourth-order valence-corrected chi connectivity index (χ4v) is 5.08. The summed E-state index contributed by atoms with van der Waals surface area (Å²) >= 11 is 6.61. The SMILES string of the molecule is CCCC(N)(Cl)c1ccc(-c2nc3ccn4c(-c5cn(C)cn5)nnc4c3cc2-c2ccccc2)cc1.Cl.Cl. The molecule has 0 bridgehead atoms. The highest BCUT2D eigenvalue weighted by Gasteiger charge is 2.23. The molecule has 2 N–H and O–H groups in total. The van der Waals surface area contributed by atoms with E-state index in [1.165, 1.54) is 0 Å². The normalized spacial score (nSPS) is 12.6. The molecule has 4 heterocycles. The lowest BCUT2D eigenvalue weighted by Crippen LogP contribution is -2.29. The van der Waals surface area contributed by atoms with Crippen molar-refractivity contribution in [3.8, 4) is 33.9 Å². The first-order valence-electron chi connectivity index (χ1n) is 12.3. The summed E-state index contributed by atoms with van der Waals surface area (Å²) in [5, 5.41) is 9.88. The fraction of sp³-hybridized carbons (Fsp3) is 0.172. The van der Waals surface area contributed by atoms with Gasteiger partial charge in [-0.25, -0.2) is 9.97 Å². The van der Waals surface area contributed by atoms with Crippen molar-refractivity contribution in [2.45, 2.75) is 24.8 Å². The maximum absolute atomic E-state index is 6.61. The van der Waals surface area contributed by atoms with Crippen LogP contribution in [-0.4, -0.2) is 29.1 Å². The molecule has 0 aliphatic rings. The lowest BCUT2D eigenvalue weighted by molar-refractivity contribution is 0.569. The Labute approximate surface area is 243 Å². The quantitative estimate of drug-likeness (QED) is 0.169. The van der Waals surface area contributed by atoms with Gasteiger partial charge in [-0.3, -0.25) is 4.40 Å². The molecule has 0 amide bonds. The second-order valence-electron chi connectivity index (χ2n) is 9.33. The number of nitrogens with two attached hydrogens (primary N) is 1. The molecule has 0 aliphatic carbocycles. The van der Waals surface area contributed by atoms with E-state index in [1.807, 2.05) is 76.9 Å². The van der Waals surface area contributed by atoms with Crippen molar-refractivity contribution >= 4 is 53.0 Å². The van der Waals surface area contributed by atoms with Crippen LogP contribution in [0.2, 0.25) is 0 Å². The molecule has 1 unspecified atom stereocenters. The van der Waals surface area contributed by atoms with Crippen molar-refractivity contribution in [1.82, 2.24) is 29.1 Å². The summed E-state index contributed by atoms with van der Waals surface area (Å²) in [5.41, 5.74) is 13.5. The molecule has 6 rings (SSSR count). The van der Waals surface area contributed by atoms with Crippen molar-refractivity contribution in [3.63, 3.8) is 0 Å². The van der Waals surface area contributed by atoms with Crippen molar-refractivity contribution in [2.24, 2.45) is 12.8 Å². The molecular weight excluding hydrogens is 553 g/mol. The van der Waals surface area contributed by atoms with Gasteiger partial charge in [-0.2, -0.15) is 0 Å². The largest absolute Gasteiger partial charge is 0.340 e. The zero-order valence-electron chi connectivity index (χ0n) is 21.5. The van der Waals surface area contributed by atoms with E-state index in [1.54, 1.807) is 6.33 Å². The first-order valence-corrected chi connectivity index (χ1v) is 12.6. The number of aryl methyl sites for hydroxylation is 1. The third-order valence-corrected chi connectivity index (χ3v) is 7.05. The van der Waals surface area contributed by atoms with Crippen molar-refractivity contribution in [2.75, 3.05) is 0 Å². The second-order valence-corrected chi connectivity index (χ2v) is 10.0. The summed E-state index contributed by atoms with van der Waals surface area (Å²) in [5.74, 6) is 0.692. The molecule has 1 atom stereocenters. The molecule has 4 aromatic heterocycles. The lowest BCUT2D eigenvalue weighted by atomic mass is 9.95.